The summed E-state index contributed by atoms with van der Waals surface area (Å²) in [6, 6.07) is 11.8. The van der Waals surface area contributed by atoms with Crippen LogP contribution in [0.4, 0.5) is 8.78 Å². The van der Waals surface area contributed by atoms with Gasteiger partial charge in [0.15, 0.2) is 0 Å². The highest BCUT2D eigenvalue weighted by Gasteiger charge is 2.26. The number of hydrogen-bond acceptors (Lipinski definition) is 5. The standard InChI is InChI=1S/C24H30F2N4O3S/c1-3-30-22-12-11-20(34(31,32)29-13-5-4-6-14-29)15-21(22)27-23(30)17-28(2)16-18-7-9-19(10-8-18)33-24(25)26/h7-12,15,24H,3-6,13-14,16-17H2,1-2H3. The smallest absolute Gasteiger partial charge is 0.387 e. The van der Waals surface area contributed by atoms with Crippen molar-refractivity contribution in [1.29, 1.82) is 0 Å². The van der Waals surface area contributed by atoms with E-state index in [2.05, 4.69) is 14.2 Å². The fourth-order valence-electron chi connectivity index (χ4n) is 4.43. The van der Waals surface area contributed by atoms with Crippen molar-refractivity contribution in [3.8, 4) is 5.75 Å². The quantitative estimate of drug-likeness (QED) is 0.441. The average molecular weight is 493 g/mol. The minimum Gasteiger partial charge on any atom is -0.435 e. The lowest BCUT2D eigenvalue weighted by Gasteiger charge is -2.25. The summed E-state index contributed by atoms with van der Waals surface area (Å²) in [5, 5.41) is 0. The lowest BCUT2D eigenvalue weighted by atomic mass is 10.2. The highest BCUT2D eigenvalue weighted by Crippen LogP contribution is 2.25. The zero-order valence-electron chi connectivity index (χ0n) is 19.5. The number of nitrogens with zero attached hydrogens (tertiary/aromatic N) is 4. The minimum absolute atomic E-state index is 0.129. The first-order chi connectivity index (χ1) is 16.3. The van der Waals surface area contributed by atoms with Crippen molar-refractivity contribution < 1.29 is 21.9 Å². The van der Waals surface area contributed by atoms with Gasteiger partial charge in [-0.15, -0.1) is 0 Å². The van der Waals surface area contributed by atoms with E-state index < -0.39 is 16.6 Å². The Morgan fingerprint density at radius 2 is 1.76 bits per heavy atom. The number of ether oxygens (including phenoxy) is 1. The molecular formula is C24H30F2N4O3S. The average Bonchev–Trinajstić information content (AvgIpc) is 3.16. The maximum atomic E-state index is 13.1. The van der Waals surface area contributed by atoms with Crippen LogP contribution in [0.2, 0.25) is 0 Å². The van der Waals surface area contributed by atoms with Crippen LogP contribution in [-0.4, -0.2) is 53.9 Å². The van der Waals surface area contributed by atoms with Gasteiger partial charge in [0.25, 0.3) is 0 Å². The second-order valence-electron chi connectivity index (χ2n) is 8.58. The number of imidazole rings is 1. The molecule has 0 aliphatic carbocycles. The van der Waals surface area contributed by atoms with Crippen LogP contribution < -0.4 is 4.74 Å². The van der Waals surface area contributed by atoms with Gasteiger partial charge in [0, 0.05) is 26.2 Å². The van der Waals surface area contributed by atoms with Crippen molar-refractivity contribution in [3.05, 3.63) is 53.9 Å². The second-order valence-corrected chi connectivity index (χ2v) is 10.5. The normalized spacial score (nSPS) is 15.5. The van der Waals surface area contributed by atoms with Crippen molar-refractivity contribution in [2.45, 2.75) is 57.3 Å². The van der Waals surface area contributed by atoms with Gasteiger partial charge in [-0.05, 0) is 62.7 Å². The topological polar surface area (TPSA) is 67.7 Å². The van der Waals surface area contributed by atoms with Crippen molar-refractivity contribution in [2.24, 2.45) is 0 Å². The minimum atomic E-state index is -3.52. The van der Waals surface area contributed by atoms with E-state index in [0.29, 0.717) is 38.2 Å². The number of fused-ring (bicyclic) bond motifs is 1. The first-order valence-electron chi connectivity index (χ1n) is 11.5. The lowest BCUT2D eigenvalue weighted by molar-refractivity contribution is -0.0498. The monoisotopic (exact) mass is 492 g/mol. The Kier molecular flexibility index (Phi) is 7.49. The summed E-state index contributed by atoms with van der Waals surface area (Å²) in [6.45, 7) is 2.17. The molecule has 0 N–H and O–H groups in total. The molecule has 2 heterocycles. The Balaban J connectivity index is 1.52. The fraction of sp³-hybridized carbons (Fsp3) is 0.458. The summed E-state index contributed by atoms with van der Waals surface area (Å²) in [6.07, 6.45) is 2.85. The molecule has 34 heavy (non-hydrogen) atoms. The Bertz CT molecular complexity index is 1220. The van der Waals surface area contributed by atoms with Crippen LogP contribution in [0.3, 0.4) is 0 Å². The summed E-state index contributed by atoms with van der Waals surface area (Å²) < 4.78 is 58.9. The van der Waals surface area contributed by atoms with Crippen molar-refractivity contribution >= 4 is 21.1 Å². The predicted octanol–water partition coefficient (Wildman–Crippen LogP) is 4.46. The van der Waals surface area contributed by atoms with E-state index >= 15 is 0 Å². The van der Waals surface area contributed by atoms with Crippen LogP contribution in [0, 0.1) is 0 Å². The van der Waals surface area contributed by atoms with Gasteiger partial charge in [-0.2, -0.15) is 13.1 Å². The maximum absolute atomic E-state index is 13.1. The molecule has 10 heteroatoms. The third-order valence-corrected chi connectivity index (χ3v) is 7.97. The SMILES string of the molecule is CCn1c(CN(C)Cc2ccc(OC(F)F)cc2)nc2cc(S(=O)(=O)N3CCCCC3)ccc21. The van der Waals surface area contributed by atoms with E-state index in [1.807, 2.05) is 20.0 Å². The molecule has 2 aromatic carbocycles. The van der Waals surface area contributed by atoms with Crippen LogP contribution in [0.5, 0.6) is 5.75 Å². The molecule has 1 saturated heterocycles. The number of aromatic nitrogens is 2. The molecule has 3 aromatic rings. The van der Waals surface area contributed by atoms with Gasteiger partial charge in [0.1, 0.15) is 11.6 Å². The van der Waals surface area contributed by atoms with Gasteiger partial charge < -0.3 is 9.30 Å². The predicted molar refractivity (Wildman–Crippen MR) is 126 cm³/mol. The number of sulfonamides is 1. The third kappa shape index (κ3) is 5.39. The highest BCUT2D eigenvalue weighted by molar-refractivity contribution is 7.89. The van der Waals surface area contributed by atoms with Crippen LogP contribution in [-0.2, 0) is 29.7 Å². The van der Waals surface area contributed by atoms with Crippen molar-refractivity contribution in [2.75, 3.05) is 20.1 Å². The zero-order chi connectivity index (χ0) is 24.3. The van der Waals surface area contributed by atoms with Gasteiger partial charge in [-0.25, -0.2) is 13.4 Å². The largest absolute Gasteiger partial charge is 0.435 e. The number of rotatable bonds is 9. The van der Waals surface area contributed by atoms with Crippen LogP contribution >= 0.6 is 0 Å². The highest BCUT2D eigenvalue weighted by atomic mass is 32.2. The number of piperidine rings is 1. The van der Waals surface area contributed by atoms with Gasteiger partial charge in [0.2, 0.25) is 10.0 Å². The van der Waals surface area contributed by atoms with Crippen LogP contribution in [0.15, 0.2) is 47.4 Å². The van der Waals surface area contributed by atoms with E-state index in [4.69, 9.17) is 4.98 Å². The lowest BCUT2D eigenvalue weighted by Crippen LogP contribution is -2.35. The van der Waals surface area contributed by atoms with Gasteiger partial charge in [0.05, 0.1) is 22.5 Å². The molecule has 4 rings (SSSR count). The van der Waals surface area contributed by atoms with Crippen LogP contribution in [0.1, 0.15) is 37.6 Å². The maximum Gasteiger partial charge on any atom is 0.387 e. The molecule has 1 fully saturated rings. The molecule has 1 aliphatic heterocycles. The van der Waals surface area contributed by atoms with Crippen molar-refractivity contribution in [3.63, 3.8) is 0 Å². The Morgan fingerprint density at radius 3 is 2.41 bits per heavy atom. The number of alkyl halides is 2. The van der Waals surface area contributed by atoms with E-state index in [-0.39, 0.29) is 10.6 Å². The molecule has 0 unspecified atom stereocenters. The van der Waals surface area contributed by atoms with E-state index in [9.17, 15) is 17.2 Å². The first-order valence-corrected chi connectivity index (χ1v) is 12.9. The molecule has 0 spiro atoms. The number of halogens is 2. The molecule has 184 valence electrons. The molecule has 0 saturated carbocycles. The second kappa shape index (κ2) is 10.4. The molecule has 1 aromatic heterocycles. The van der Waals surface area contributed by atoms with Crippen LogP contribution in [0.25, 0.3) is 11.0 Å². The van der Waals surface area contributed by atoms with Gasteiger partial charge in [-0.3, -0.25) is 4.90 Å². The summed E-state index contributed by atoms with van der Waals surface area (Å²) >= 11 is 0. The first kappa shape index (κ1) is 24.6. The number of hydrogen-bond donors (Lipinski definition) is 0. The van der Waals surface area contributed by atoms with Gasteiger partial charge >= 0.3 is 6.61 Å². The Hall–Kier alpha value is -2.56. The molecule has 0 atom stereocenters. The summed E-state index contributed by atoms with van der Waals surface area (Å²) in [7, 11) is -1.57. The third-order valence-electron chi connectivity index (χ3n) is 6.08. The molecule has 0 amide bonds. The van der Waals surface area contributed by atoms with E-state index in [1.54, 1.807) is 28.6 Å². The van der Waals surface area contributed by atoms with Crippen molar-refractivity contribution in [1.82, 2.24) is 18.8 Å². The molecule has 0 bridgehead atoms. The number of aryl methyl sites for hydroxylation is 1. The Morgan fingerprint density at radius 1 is 1.06 bits per heavy atom. The molecule has 0 radical (unpaired) electrons. The molecule has 1 aliphatic rings. The summed E-state index contributed by atoms with van der Waals surface area (Å²) in [5.41, 5.74) is 2.52. The summed E-state index contributed by atoms with van der Waals surface area (Å²) in [5.74, 6) is 0.967. The van der Waals surface area contributed by atoms with Gasteiger partial charge in [-0.1, -0.05) is 18.6 Å². The zero-order valence-corrected chi connectivity index (χ0v) is 20.3. The Labute approximate surface area is 199 Å². The van der Waals surface area contributed by atoms with E-state index in [1.165, 1.54) is 12.1 Å². The molecule has 7 nitrogen and oxygen atoms in total. The molecular weight excluding hydrogens is 462 g/mol. The fourth-order valence-corrected chi connectivity index (χ4v) is 5.97. The number of benzene rings is 2. The van der Waals surface area contributed by atoms with E-state index in [0.717, 1.165) is 36.2 Å². The summed E-state index contributed by atoms with van der Waals surface area (Å²) in [4.78, 5) is 7.12.